The third-order valence-corrected chi connectivity index (χ3v) is 6.23. The zero-order valence-corrected chi connectivity index (χ0v) is 15.5. The summed E-state index contributed by atoms with van der Waals surface area (Å²) >= 11 is 6.00. The molecule has 1 aliphatic rings. The number of rotatable bonds is 5. The Bertz CT molecular complexity index is 703. The van der Waals surface area contributed by atoms with E-state index in [4.69, 9.17) is 16.3 Å². The summed E-state index contributed by atoms with van der Waals surface area (Å²) < 4.78 is 30.9. The summed E-state index contributed by atoms with van der Waals surface area (Å²) in [7, 11) is -0.827. The Morgan fingerprint density at radius 3 is 2.54 bits per heavy atom. The molecule has 1 N–H and O–H groups in total. The van der Waals surface area contributed by atoms with Crippen molar-refractivity contribution < 1.29 is 17.9 Å². The second-order valence-corrected chi connectivity index (χ2v) is 8.27. The fourth-order valence-corrected chi connectivity index (χ4v) is 3.75. The number of ether oxygens (including phenoxy) is 1. The minimum atomic E-state index is -3.68. The Labute approximate surface area is 147 Å². The van der Waals surface area contributed by atoms with E-state index in [0.29, 0.717) is 32.0 Å². The van der Waals surface area contributed by atoms with E-state index in [-0.39, 0.29) is 21.9 Å². The number of carbonyl (C=O) groups is 1. The molecule has 2 rings (SSSR count). The number of hydrogen-bond donors (Lipinski definition) is 1. The van der Waals surface area contributed by atoms with Crippen LogP contribution < -0.4 is 5.32 Å². The van der Waals surface area contributed by atoms with E-state index in [2.05, 4.69) is 5.32 Å². The van der Waals surface area contributed by atoms with Gasteiger partial charge in [-0.05, 0) is 25.1 Å². The summed E-state index contributed by atoms with van der Waals surface area (Å²) in [5, 5.41) is 2.87. The third kappa shape index (κ3) is 4.25. The van der Waals surface area contributed by atoms with Crippen molar-refractivity contribution in [2.75, 3.05) is 45.7 Å². The van der Waals surface area contributed by atoms with Crippen molar-refractivity contribution in [1.29, 1.82) is 0 Å². The number of sulfonamides is 1. The van der Waals surface area contributed by atoms with Gasteiger partial charge < -0.3 is 10.1 Å². The van der Waals surface area contributed by atoms with Crippen LogP contribution in [0.15, 0.2) is 23.1 Å². The van der Waals surface area contributed by atoms with Gasteiger partial charge in [0.2, 0.25) is 15.9 Å². The number of nitrogens with one attached hydrogen (secondary N) is 1. The van der Waals surface area contributed by atoms with Crippen LogP contribution >= 0.6 is 11.6 Å². The van der Waals surface area contributed by atoms with E-state index in [1.165, 1.54) is 26.2 Å². The van der Waals surface area contributed by atoms with Gasteiger partial charge in [-0.1, -0.05) is 11.6 Å². The molecule has 1 fully saturated rings. The van der Waals surface area contributed by atoms with Crippen molar-refractivity contribution in [3.63, 3.8) is 0 Å². The van der Waals surface area contributed by atoms with Gasteiger partial charge in [0.1, 0.15) is 4.90 Å². The van der Waals surface area contributed by atoms with E-state index in [1.54, 1.807) is 6.07 Å². The number of hydrogen-bond acceptors (Lipinski definition) is 5. The zero-order valence-electron chi connectivity index (χ0n) is 14.0. The van der Waals surface area contributed by atoms with Crippen molar-refractivity contribution in [3.8, 4) is 0 Å². The second kappa shape index (κ2) is 7.79. The summed E-state index contributed by atoms with van der Waals surface area (Å²) in [6, 6.07) is 4.09. The van der Waals surface area contributed by atoms with Gasteiger partial charge in [0, 0.05) is 32.9 Å². The molecule has 0 aliphatic carbocycles. The van der Waals surface area contributed by atoms with Gasteiger partial charge >= 0.3 is 0 Å². The van der Waals surface area contributed by atoms with Gasteiger partial charge in [0.05, 0.1) is 24.3 Å². The monoisotopic (exact) mass is 375 g/mol. The van der Waals surface area contributed by atoms with Crippen LogP contribution in [0.3, 0.4) is 0 Å². The lowest BCUT2D eigenvalue weighted by molar-refractivity contribution is -0.122. The number of morpholine rings is 1. The van der Waals surface area contributed by atoms with Crippen LogP contribution in [0.25, 0.3) is 0 Å². The summed E-state index contributed by atoms with van der Waals surface area (Å²) in [5.41, 5.74) is 0.393. The molecular formula is C15H22ClN3O4S. The average molecular weight is 376 g/mol. The molecule has 0 aromatic heterocycles. The normalized spacial score (nSPS) is 17.7. The highest BCUT2D eigenvalue weighted by atomic mass is 35.5. The van der Waals surface area contributed by atoms with Crippen molar-refractivity contribution in [2.24, 2.45) is 0 Å². The smallest absolute Gasteiger partial charge is 0.244 e. The number of benzene rings is 1. The first-order valence-corrected chi connectivity index (χ1v) is 9.40. The Kier molecular flexibility index (Phi) is 6.22. The molecule has 134 valence electrons. The average Bonchev–Trinajstić information content (AvgIpc) is 2.56. The fourth-order valence-electron chi connectivity index (χ4n) is 2.35. The molecule has 1 amide bonds. The van der Waals surface area contributed by atoms with E-state index in [0.717, 1.165) is 4.31 Å². The number of halogens is 1. The summed E-state index contributed by atoms with van der Waals surface area (Å²) in [6.07, 6.45) is 0. The van der Waals surface area contributed by atoms with E-state index >= 15 is 0 Å². The van der Waals surface area contributed by atoms with Crippen LogP contribution in [0.5, 0.6) is 0 Å². The number of amides is 1. The van der Waals surface area contributed by atoms with Gasteiger partial charge in [-0.3, -0.25) is 9.69 Å². The summed E-state index contributed by atoms with van der Waals surface area (Å²) in [4.78, 5) is 14.4. The van der Waals surface area contributed by atoms with Crippen molar-refractivity contribution in [1.82, 2.24) is 9.21 Å². The molecule has 1 saturated heterocycles. The number of nitrogens with zero attached hydrogens (tertiary/aromatic N) is 2. The van der Waals surface area contributed by atoms with Gasteiger partial charge in [-0.15, -0.1) is 0 Å². The Morgan fingerprint density at radius 1 is 1.33 bits per heavy atom. The minimum Gasteiger partial charge on any atom is -0.379 e. The molecule has 9 heteroatoms. The largest absolute Gasteiger partial charge is 0.379 e. The summed E-state index contributed by atoms with van der Waals surface area (Å²) in [6.45, 7) is 4.40. The molecule has 1 aliphatic heterocycles. The maximum Gasteiger partial charge on any atom is 0.244 e. The molecule has 0 radical (unpaired) electrons. The molecule has 7 nitrogen and oxygen atoms in total. The van der Waals surface area contributed by atoms with Gasteiger partial charge in [0.15, 0.2) is 0 Å². The lowest BCUT2D eigenvalue weighted by atomic mass is 10.2. The maximum atomic E-state index is 12.4. The van der Waals surface area contributed by atoms with Crippen LogP contribution in [-0.4, -0.2) is 70.0 Å². The maximum absolute atomic E-state index is 12.4. The van der Waals surface area contributed by atoms with E-state index < -0.39 is 10.0 Å². The second-order valence-electron chi connectivity index (χ2n) is 5.75. The van der Waals surface area contributed by atoms with E-state index in [1.807, 2.05) is 11.8 Å². The van der Waals surface area contributed by atoms with Gasteiger partial charge in [0.25, 0.3) is 0 Å². The molecule has 0 saturated carbocycles. The Balaban J connectivity index is 2.17. The van der Waals surface area contributed by atoms with Crippen molar-refractivity contribution >= 4 is 33.2 Å². The predicted molar refractivity (Wildman–Crippen MR) is 92.8 cm³/mol. The molecule has 1 atom stereocenters. The van der Waals surface area contributed by atoms with Crippen LogP contribution in [0, 0.1) is 0 Å². The van der Waals surface area contributed by atoms with E-state index in [9.17, 15) is 13.2 Å². The first kappa shape index (κ1) is 19.1. The Hall–Kier alpha value is -1.19. The molecule has 0 bridgehead atoms. The first-order valence-electron chi connectivity index (χ1n) is 7.58. The minimum absolute atomic E-state index is 0.0361. The Morgan fingerprint density at radius 2 is 1.96 bits per heavy atom. The fraction of sp³-hybridized carbons (Fsp3) is 0.533. The number of anilines is 1. The zero-order chi connectivity index (χ0) is 17.9. The lowest BCUT2D eigenvalue weighted by Crippen LogP contribution is -2.47. The molecular weight excluding hydrogens is 354 g/mol. The van der Waals surface area contributed by atoms with Gasteiger partial charge in [-0.2, -0.15) is 0 Å². The standard InChI is InChI=1S/C15H22ClN3O4S/c1-11(19-6-8-23-9-7-19)15(20)17-12-4-5-13(16)14(10-12)24(21,22)18(2)3/h4-5,10-11H,6-9H2,1-3H3,(H,17,20)/t11-/m0/s1. The number of carbonyl (C=O) groups excluding carboxylic acids is 1. The first-order chi connectivity index (χ1) is 11.2. The van der Waals surface area contributed by atoms with Crippen molar-refractivity contribution in [2.45, 2.75) is 17.9 Å². The molecule has 0 unspecified atom stereocenters. The van der Waals surface area contributed by atoms with Crippen LogP contribution in [0.2, 0.25) is 5.02 Å². The van der Waals surface area contributed by atoms with Crippen LogP contribution in [0.1, 0.15) is 6.92 Å². The molecule has 0 spiro atoms. The van der Waals surface area contributed by atoms with Crippen LogP contribution in [0.4, 0.5) is 5.69 Å². The highest BCUT2D eigenvalue weighted by molar-refractivity contribution is 7.89. The molecule has 1 aromatic rings. The predicted octanol–water partition coefficient (Wildman–Crippen LogP) is 1.25. The van der Waals surface area contributed by atoms with Crippen molar-refractivity contribution in [3.05, 3.63) is 23.2 Å². The third-order valence-electron chi connectivity index (χ3n) is 3.93. The van der Waals surface area contributed by atoms with Gasteiger partial charge in [-0.25, -0.2) is 12.7 Å². The SMILES string of the molecule is C[C@@H](C(=O)Nc1ccc(Cl)c(S(=O)(=O)N(C)C)c1)N1CCOCC1. The lowest BCUT2D eigenvalue weighted by Gasteiger charge is -2.31. The molecule has 24 heavy (non-hydrogen) atoms. The highest BCUT2D eigenvalue weighted by Gasteiger charge is 2.25. The quantitative estimate of drug-likeness (QED) is 0.837. The topological polar surface area (TPSA) is 79.0 Å². The highest BCUT2D eigenvalue weighted by Crippen LogP contribution is 2.27. The molecule has 1 aromatic carbocycles. The molecule has 1 heterocycles. The summed E-state index contributed by atoms with van der Waals surface area (Å²) in [5.74, 6) is -0.201. The van der Waals surface area contributed by atoms with Crippen LogP contribution in [-0.2, 0) is 19.6 Å².